The minimum absolute atomic E-state index is 0.729. The van der Waals surface area contributed by atoms with Gasteiger partial charge >= 0.3 is 6.16 Å². The standard InChI is InChI=1S/C14H16O3/c1-11-5-7-12(8-6-11)9-10-14(2,3)17-13(15)16-4/h5-8H,1-4H3. The van der Waals surface area contributed by atoms with Gasteiger partial charge < -0.3 is 9.47 Å². The molecule has 0 saturated carbocycles. The van der Waals surface area contributed by atoms with Gasteiger partial charge in [-0.2, -0.15) is 0 Å². The van der Waals surface area contributed by atoms with Gasteiger partial charge in [0, 0.05) is 5.56 Å². The average Bonchev–Trinajstić information content (AvgIpc) is 2.28. The highest BCUT2D eigenvalue weighted by Crippen LogP contribution is 2.09. The summed E-state index contributed by atoms with van der Waals surface area (Å²) in [6.45, 7) is 5.44. The van der Waals surface area contributed by atoms with Gasteiger partial charge in [0.1, 0.15) is 0 Å². The number of carbonyl (C=O) groups excluding carboxylic acids is 1. The number of ether oxygens (including phenoxy) is 2. The molecule has 90 valence electrons. The van der Waals surface area contributed by atoms with Crippen molar-refractivity contribution in [2.45, 2.75) is 26.4 Å². The highest BCUT2D eigenvalue weighted by Gasteiger charge is 2.20. The summed E-state index contributed by atoms with van der Waals surface area (Å²) in [5, 5.41) is 0. The lowest BCUT2D eigenvalue weighted by molar-refractivity contribution is 0.0221. The summed E-state index contributed by atoms with van der Waals surface area (Å²) in [4.78, 5) is 11.0. The van der Waals surface area contributed by atoms with Crippen LogP contribution in [0, 0.1) is 18.8 Å². The third kappa shape index (κ3) is 4.60. The first-order chi connectivity index (χ1) is 7.93. The van der Waals surface area contributed by atoms with Gasteiger partial charge in [-0.25, -0.2) is 4.79 Å². The minimum atomic E-state index is -0.863. The van der Waals surface area contributed by atoms with E-state index >= 15 is 0 Å². The van der Waals surface area contributed by atoms with E-state index in [1.54, 1.807) is 13.8 Å². The molecule has 1 aromatic rings. The lowest BCUT2D eigenvalue weighted by atomic mass is 10.1. The Morgan fingerprint density at radius 2 is 1.82 bits per heavy atom. The molecule has 1 rings (SSSR count). The molecule has 1 aromatic carbocycles. The van der Waals surface area contributed by atoms with Crippen LogP contribution in [-0.4, -0.2) is 18.9 Å². The van der Waals surface area contributed by atoms with Gasteiger partial charge in [-0.1, -0.05) is 29.5 Å². The van der Waals surface area contributed by atoms with Crippen molar-refractivity contribution >= 4 is 6.16 Å². The number of methoxy groups -OCH3 is 1. The summed E-state index contributed by atoms with van der Waals surface area (Å²) in [5.74, 6) is 5.85. The van der Waals surface area contributed by atoms with Gasteiger partial charge in [0.15, 0.2) is 5.60 Å². The van der Waals surface area contributed by atoms with E-state index in [1.165, 1.54) is 12.7 Å². The fraction of sp³-hybridized carbons (Fsp3) is 0.357. The molecular weight excluding hydrogens is 216 g/mol. The maximum Gasteiger partial charge on any atom is 0.509 e. The molecule has 0 unspecified atom stereocenters. The Labute approximate surface area is 102 Å². The quantitative estimate of drug-likeness (QED) is 0.551. The van der Waals surface area contributed by atoms with Crippen LogP contribution in [0.15, 0.2) is 24.3 Å². The zero-order chi connectivity index (χ0) is 12.9. The van der Waals surface area contributed by atoms with E-state index in [0.29, 0.717) is 0 Å². The maximum atomic E-state index is 11.0. The molecule has 0 spiro atoms. The SMILES string of the molecule is COC(=O)OC(C)(C)C#Cc1ccc(C)cc1. The maximum absolute atomic E-state index is 11.0. The number of benzene rings is 1. The minimum Gasteiger partial charge on any atom is -0.438 e. The van der Waals surface area contributed by atoms with Crippen molar-refractivity contribution < 1.29 is 14.3 Å². The number of hydrogen-bond acceptors (Lipinski definition) is 3. The van der Waals surface area contributed by atoms with E-state index in [4.69, 9.17) is 4.74 Å². The summed E-state index contributed by atoms with van der Waals surface area (Å²) >= 11 is 0. The van der Waals surface area contributed by atoms with Crippen molar-refractivity contribution in [1.82, 2.24) is 0 Å². The smallest absolute Gasteiger partial charge is 0.438 e. The molecule has 3 nitrogen and oxygen atoms in total. The Hall–Kier alpha value is -1.95. The summed E-state index contributed by atoms with van der Waals surface area (Å²) in [5.41, 5.74) is 1.20. The highest BCUT2D eigenvalue weighted by molar-refractivity contribution is 5.61. The normalized spacial score (nSPS) is 10.1. The molecule has 0 fully saturated rings. The number of rotatable bonds is 1. The second-order valence-electron chi connectivity index (χ2n) is 4.18. The first-order valence-corrected chi connectivity index (χ1v) is 5.30. The second kappa shape index (κ2) is 5.40. The molecule has 0 aliphatic heterocycles. The van der Waals surface area contributed by atoms with E-state index in [9.17, 15) is 4.79 Å². The third-order valence-electron chi connectivity index (χ3n) is 2.06. The van der Waals surface area contributed by atoms with Crippen molar-refractivity contribution in [2.24, 2.45) is 0 Å². The zero-order valence-corrected chi connectivity index (χ0v) is 10.5. The van der Waals surface area contributed by atoms with Gasteiger partial charge in [-0.15, -0.1) is 0 Å². The molecule has 0 atom stereocenters. The molecule has 0 heterocycles. The largest absolute Gasteiger partial charge is 0.509 e. The average molecular weight is 232 g/mol. The molecular formula is C14H16O3. The number of aryl methyl sites for hydroxylation is 1. The molecule has 0 saturated heterocycles. The molecule has 3 heteroatoms. The predicted molar refractivity (Wildman–Crippen MR) is 65.6 cm³/mol. The van der Waals surface area contributed by atoms with Gasteiger partial charge in [0.05, 0.1) is 7.11 Å². The summed E-state index contributed by atoms with van der Waals surface area (Å²) in [7, 11) is 1.27. The van der Waals surface area contributed by atoms with Crippen LogP contribution in [0.1, 0.15) is 25.0 Å². The molecule has 17 heavy (non-hydrogen) atoms. The van der Waals surface area contributed by atoms with Gasteiger partial charge in [-0.3, -0.25) is 0 Å². The Kier molecular flexibility index (Phi) is 4.17. The van der Waals surface area contributed by atoms with Gasteiger partial charge in [-0.05, 0) is 32.9 Å². The fourth-order valence-corrected chi connectivity index (χ4v) is 1.14. The Bertz CT molecular complexity index is 447. The molecule has 0 bridgehead atoms. The number of hydrogen-bond donors (Lipinski definition) is 0. The van der Waals surface area contributed by atoms with Crippen LogP contribution in [-0.2, 0) is 9.47 Å². The van der Waals surface area contributed by atoms with Crippen LogP contribution < -0.4 is 0 Å². The molecule has 0 N–H and O–H groups in total. The van der Waals surface area contributed by atoms with Gasteiger partial charge in [0.25, 0.3) is 0 Å². The first kappa shape index (κ1) is 13.1. The molecule has 0 radical (unpaired) electrons. The molecule has 0 aliphatic rings. The van der Waals surface area contributed by atoms with Crippen molar-refractivity contribution in [3.8, 4) is 11.8 Å². The zero-order valence-electron chi connectivity index (χ0n) is 10.5. The van der Waals surface area contributed by atoms with Crippen LogP contribution in [0.25, 0.3) is 0 Å². The summed E-state index contributed by atoms with van der Waals surface area (Å²) < 4.78 is 9.42. The van der Waals surface area contributed by atoms with Crippen molar-refractivity contribution in [1.29, 1.82) is 0 Å². The van der Waals surface area contributed by atoms with E-state index in [1.807, 2.05) is 31.2 Å². The lowest BCUT2D eigenvalue weighted by Gasteiger charge is -2.17. The lowest BCUT2D eigenvalue weighted by Crippen LogP contribution is -2.26. The number of carbonyl (C=O) groups is 1. The second-order valence-corrected chi connectivity index (χ2v) is 4.18. The van der Waals surface area contributed by atoms with E-state index in [2.05, 4.69) is 16.6 Å². The first-order valence-electron chi connectivity index (χ1n) is 5.30. The van der Waals surface area contributed by atoms with Crippen molar-refractivity contribution in [3.63, 3.8) is 0 Å². The van der Waals surface area contributed by atoms with Crippen LogP contribution >= 0.6 is 0 Å². The molecule has 0 aliphatic carbocycles. The Morgan fingerprint density at radius 1 is 1.24 bits per heavy atom. The van der Waals surface area contributed by atoms with E-state index in [0.717, 1.165) is 5.56 Å². The summed E-state index contributed by atoms with van der Waals surface area (Å²) in [6.07, 6.45) is -0.729. The summed E-state index contributed by atoms with van der Waals surface area (Å²) in [6, 6.07) is 7.82. The van der Waals surface area contributed by atoms with Crippen molar-refractivity contribution in [2.75, 3.05) is 7.11 Å². The monoisotopic (exact) mass is 232 g/mol. The molecule has 0 aromatic heterocycles. The van der Waals surface area contributed by atoms with Crippen LogP contribution in [0.2, 0.25) is 0 Å². The van der Waals surface area contributed by atoms with Gasteiger partial charge in [0.2, 0.25) is 0 Å². The third-order valence-corrected chi connectivity index (χ3v) is 2.06. The van der Waals surface area contributed by atoms with Crippen LogP contribution in [0.3, 0.4) is 0 Å². The van der Waals surface area contributed by atoms with E-state index < -0.39 is 11.8 Å². The fourth-order valence-electron chi connectivity index (χ4n) is 1.14. The van der Waals surface area contributed by atoms with Crippen LogP contribution in [0.4, 0.5) is 4.79 Å². The highest BCUT2D eigenvalue weighted by atomic mass is 16.7. The van der Waals surface area contributed by atoms with Crippen LogP contribution in [0.5, 0.6) is 0 Å². The Morgan fingerprint density at radius 3 is 2.35 bits per heavy atom. The van der Waals surface area contributed by atoms with E-state index in [-0.39, 0.29) is 0 Å². The topological polar surface area (TPSA) is 35.5 Å². The van der Waals surface area contributed by atoms with Crippen molar-refractivity contribution in [3.05, 3.63) is 35.4 Å². The molecule has 0 amide bonds. The predicted octanol–water partition coefficient (Wildman–Crippen LogP) is 2.91. The Balaban J connectivity index is 2.76.